The monoisotopic (exact) mass is 330 g/mol. The second kappa shape index (κ2) is 8.52. The van der Waals surface area contributed by atoms with Crippen LogP contribution in [0.3, 0.4) is 0 Å². The molecule has 0 radical (unpaired) electrons. The Morgan fingerprint density at radius 1 is 1.12 bits per heavy atom. The Morgan fingerprint density at radius 3 is 2.29 bits per heavy atom. The number of allylic oxidation sites excluding steroid dienone is 1. The fraction of sp³-hybridized carbons (Fsp3) is 0.474. The molecular weight excluding hydrogens is 304 g/mol. The van der Waals surface area contributed by atoms with Gasteiger partial charge in [-0.1, -0.05) is 6.58 Å². The molecule has 0 bridgehead atoms. The van der Waals surface area contributed by atoms with E-state index in [1.54, 1.807) is 19.1 Å². The number of phenolic OH excluding ortho intramolecular Hbond substituents is 1. The van der Waals surface area contributed by atoms with Gasteiger partial charge in [0.25, 0.3) is 0 Å². The Balaban J connectivity index is 1.67. The molecule has 0 aliphatic heterocycles. The molecule has 0 aromatic heterocycles. The number of amides is 2. The first kappa shape index (κ1) is 18.0. The maximum Gasteiger partial charge on any atom is 0.319 e. The number of rotatable bonds is 6. The molecule has 5 nitrogen and oxygen atoms in total. The second-order valence-electron chi connectivity index (χ2n) is 6.68. The average molecular weight is 330 g/mol. The van der Waals surface area contributed by atoms with E-state index in [0.29, 0.717) is 36.1 Å². The number of ketones is 1. The smallest absolute Gasteiger partial charge is 0.319 e. The van der Waals surface area contributed by atoms with E-state index in [2.05, 4.69) is 17.2 Å². The van der Waals surface area contributed by atoms with Gasteiger partial charge in [0.15, 0.2) is 5.78 Å². The quantitative estimate of drug-likeness (QED) is 0.547. The van der Waals surface area contributed by atoms with E-state index in [9.17, 15) is 14.7 Å². The van der Waals surface area contributed by atoms with Crippen LogP contribution in [-0.4, -0.2) is 23.5 Å². The second-order valence-corrected chi connectivity index (χ2v) is 6.68. The zero-order chi connectivity index (χ0) is 17.5. The molecule has 24 heavy (non-hydrogen) atoms. The van der Waals surface area contributed by atoms with E-state index < -0.39 is 0 Å². The lowest BCUT2D eigenvalue weighted by Crippen LogP contribution is -2.34. The largest absolute Gasteiger partial charge is 0.508 e. The van der Waals surface area contributed by atoms with Crippen LogP contribution in [-0.2, 0) is 4.79 Å². The van der Waals surface area contributed by atoms with Crippen molar-refractivity contribution in [2.45, 2.75) is 39.0 Å². The number of carbonyl (C=O) groups is 2. The minimum atomic E-state index is -0.236. The molecule has 5 heteroatoms. The van der Waals surface area contributed by atoms with E-state index in [0.717, 1.165) is 25.7 Å². The lowest BCUT2D eigenvalue weighted by molar-refractivity contribution is -0.116. The summed E-state index contributed by atoms with van der Waals surface area (Å²) in [6, 6.07) is 6.13. The topological polar surface area (TPSA) is 78.4 Å². The summed E-state index contributed by atoms with van der Waals surface area (Å²) in [6.45, 7) is 6.12. The minimum Gasteiger partial charge on any atom is -0.508 e. The number of Topliss-reactive ketones (excluding diaryl/α,β-unsaturated/α-hetero) is 1. The molecule has 0 atom stereocenters. The van der Waals surface area contributed by atoms with Crippen LogP contribution in [0.1, 0.15) is 39.0 Å². The van der Waals surface area contributed by atoms with Gasteiger partial charge < -0.3 is 15.7 Å². The number of urea groups is 1. The Labute approximate surface area is 143 Å². The lowest BCUT2D eigenvalue weighted by atomic mass is 9.79. The molecule has 2 rings (SSSR count). The van der Waals surface area contributed by atoms with Gasteiger partial charge in [-0.25, -0.2) is 4.79 Å². The third-order valence-corrected chi connectivity index (χ3v) is 4.59. The molecule has 0 saturated heterocycles. The van der Waals surface area contributed by atoms with Crippen molar-refractivity contribution in [1.29, 1.82) is 0 Å². The van der Waals surface area contributed by atoms with Crippen molar-refractivity contribution in [1.82, 2.24) is 5.32 Å². The van der Waals surface area contributed by atoms with Gasteiger partial charge in [0, 0.05) is 18.7 Å². The number of hydrogen-bond donors (Lipinski definition) is 3. The summed E-state index contributed by atoms with van der Waals surface area (Å²) in [6.07, 6.45) is 4.74. The summed E-state index contributed by atoms with van der Waals surface area (Å²) in [5.41, 5.74) is 1.29. The fourth-order valence-electron chi connectivity index (χ4n) is 3.03. The summed E-state index contributed by atoms with van der Waals surface area (Å²) >= 11 is 0. The number of hydrogen-bond acceptors (Lipinski definition) is 3. The highest BCUT2D eigenvalue weighted by molar-refractivity contribution is 5.94. The lowest BCUT2D eigenvalue weighted by Gasteiger charge is -2.28. The van der Waals surface area contributed by atoms with E-state index in [-0.39, 0.29) is 17.6 Å². The number of nitrogens with one attached hydrogen (secondary N) is 2. The predicted molar refractivity (Wildman–Crippen MR) is 95.0 cm³/mol. The van der Waals surface area contributed by atoms with Crippen LogP contribution in [0.5, 0.6) is 5.75 Å². The maximum atomic E-state index is 11.9. The van der Waals surface area contributed by atoms with Crippen molar-refractivity contribution < 1.29 is 14.7 Å². The van der Waals surface area contributed by atoms with Crippen molar-refractivity contribution in [3.05, 3.63) is 36.4 Å². The normalized spacial score (nSPS) is 20.2. The van der Waals surface area contributed by atoms with E-state index >= 15 is 0 Å². The summed E-state index contributed by atoms with van der Waals surface area (Å²) < 4.78 is 0. The Kier molecular flexibility index (Phi) is 6.41. The maximum absolute atomic E-state index is 11.9. The van der Waals surface area contributed by atoms with Gasteiger partial charge in [0.2, 0.25) is 0 Å². The van der Waals surface area contributed by atoms with Crippen LogP contribution in [0.2, 0.25) is 0 Å². The van der Waals surface area contributed by atoms with Crippen molar-refractivity contribution >= 4 is 17.5 Å². The summed E-state index contributed by atoms with van der Waals surface area (Å²) in [5.74, 6) is 1.26. The number of aromatic hydroxyl groups is 1. The van der Waals surface area contributed by atoms with Crippen LogP contribution >= 0.6 is 0 Å². The van der Waals surface area contributed by atoms with Gasteiger partial charge in [-0.2, -0.15) is 0 Å². The molecule has 0 spiro atoms. The highest BCUT2D eigenvalue weighted by Crippen LogP contribution is 2.31. The van der Waals surface area contributed by atoms with Gasteiger partial charge >= 0.3 is 6.03 Å². The molecule has 3 N–H and O–H groups in total. The van der Waals surface area contributed by atoms with Crippen LogP contribution in [0, 0.1) is 11.8 Å². The third-order valence-electron chi connectivity index (χ3n) is 4.59. The SMILES string of the molecule is C=C(C)C(=O)CC1CCC(CNC(=O)Nc2ccc(O)cc2)CC1. The molecule has 0 heterocycles. The average Bonchev–Trinajstić information content (AvgIpc) is 2.56. The number of phenols is 1. The Morgan fingerprint density at radius 2 is 1.71 bits per heavy atom. The molecule has 0 unspecified atom stereocenters. The van der Waals surface area contributed by atoms with Crippen LogP contribution in [0.15, 0.2) is 36.4 Å². The number of carbonyl (C=O) groups excluding carboxylic acids is 2. The van der Waals surface area contributed by atoms with Gasteiger partial charge in [0.1, 0.15) is 5.75 Å². The molecule has 2 amide bonds. The van der Waals surface area contributed by atoms with Gasteiger partial charge in [0.05, 0.1) is 0 Å². The molecule has 1 aliphatic carbocycles. The van der Waals surface area contributed by atoms with Gasteiger partial charge in [-0.15, -0.1) is 0 Å². The van der Waals surface area contributed by atoms with Crippen molar-refractivity contribution in [3.8, 4) is 5.75 Å². The van der Waals surface area contributed by atoms with Crippen LogP contribution < -0.4 is 10.6 Å². The highest BCUT2D eigenvalue weighted by Gasteiger charge is 2.23. The first-order valence-electron chi connectivity index (χ1n) is 8.46. The molecule has 1 aromatic rings. The highest BCUT2D eigenvalue weighted by atomic mass is 16.3. The zero-order valence-electron chi connectivity index (χ0n) is 14.2. The minimum absolute atomic E-state index is 0.169. The standard InChI is InChI=1S/C19H26N2O3/c1-13(2)18(23)11-14-3-5-15(6-4-14)12-20-19(24)21-16-7-9-17(22)10-8-16/h7-10,14-15,22H,1,3-6,11-12H2,2H3,(H2,20,21,24). The summed E-state index contributed by atoms with van der Waals surface area (Å²) in [7, 11) is 0. The molecule has 130 valence electrons. The zero-order valence-corrected chi connectivity index (χ0v) is 14.2. The molecule has 1 saturated carbocycles. The summed E-state index contributed by atoms with van der Waals surface area (Å²) in [4.78, 5) is 23.6. The number of anilines is 1. The van der Waals surface area contributed by atoms with Crippen LogP contribution in [0.25, 0.3) is 0 Å². The molecule has 1 aliphatic rings. The van der Waals surface area contributed by atoms with Crippen molar-refractivity contribution in [3.63, 3.8) is 0 Å². The molecule has 1 aromatic carbocycles. The molecular formula is C19H26N2O3. The number of benzene rings is 1. The first-order chi connectivity index (χ1) is 11.4. The third kappa shape index (κ3) is 5.72. The summed E-state index contributed by atoms with van der Waals surface area (Å²) in [5, 5.41) is 14.9. The Hall–Kier alpha value is -2.30. The van der Waals surface area contributed by atoms with E-state index in [1.165, 1.54) is 12.1 Å². The van der Waals surface area contributed by atoms with E-state index in [4.69, 9.17) is 0 Å². The molecule has 1 fully saturated rings. The first-order valence-corrected chi connectivity index (χ1v) is 8.46. The van der Waals surface area contributed by atoms with Gasteiger partial charge in [-0.05, 0) is 74.3 Å². The predicted octanol–water partition coefficient (Wildman–Crippen LogP) is 3.86. The van der Waals surface area contributed by atoms with E-state index in [1.807, 2.05) is 0 Å². The Bertz CT molecular complexity index is 587. The van der Waals surface area contributed by atoms with Crippen molar-refractivity contribution in [2.24, 2.45) is 11.8 Å². The van der Waals surface area contributed by atoms with Crippen LogP contribution in [0.4, 0.5) is 10.5 Å². The van der Waals surface area contributed by atoms with Crippen molar-refractivity contribution in [2.75, 3.05) is 11.9 Å². The fourth-order valence-corrected chi connectivity index (χ4v) is 3.03. The van der Waals surface area contributed by atoms with Gasteiger partial charge in [-0.3, -0.25) is 4.79 Å².